The van der Waals surface area contributed by atoms with Gasteiger partial charge in [-0.15, -0.1) is 0 Å². The fourth-order valence-corrected chi connectivity index (χ4v) is 12.5. The molecule has 56 heavy (non-hydrogen) atoms. The van der Waals surface area contributed by atoms with Gasteiger partial charge in [0.1, 0.15) is 6.10 Å². The number of ether oxygens (including phenoxy) is 2. The van der Waals surface area contributed by atoms with Gasteiger partial charge >= 0.3 is 71.1 Å². The van der Waals surface area contributed by atoms with E-state index >= 15 is 0 Å². The molecular weight excluding hydrogens is 726 g/mol. The van der Waals surface area contributed by atoms with Gasteiger partial charge in [0, 0.05) is 22.0 Å². The Hall–Kier alpha value is -2.20. The summed E-state index contributed by atoms with van der Waals surface area (Å²) in [5.41, 5.74) is 1.73. The van der Waals surface area contributed by atoms with Crippen molar-refractivity contribution in [2.45, 2.75) is 106 Å². The third-order valence-corrected chi connectivity index (χ3v) is 16.0. The first-order valence-corrected chi connectivity index (χ1v) is 19.8. The number of carboxylic acids is 2. The van der Waals surface area contributed by atoms with Crippen LogP contribution in [-0.2, 0) is 9.47 Å². The Morgan fingerprint density at radius 2 is 1.25 bits per heavy atom. The van der Waals surface area contributed by atoms with Crippen molar-refractivity contribution in [3.8, 4) is 0 Å². The second kappa shape index (κ2) is 16.1. The molecule has 0 spiro atoms. The van der Waals surface area contributed by atoms with E-state index < -0.39 is 23.9 Å². The number of allylic oxidation sites excluding steroid dienone is 4. The Kier molecular flexibility index (Phi) is 12.9. The van der Waals surface area contributed by atoms with E-state index in [-0.39, 0.29) is 133 Å². The Bertz CT molecular complexity index is 1970. The summed E-state index contributed by atoms with van der Waals surface area (Å²) in [6.45, 7) is 16.7. The Balaban J connectivity index is 0.00000300. The van der Waals surface area contributed by atoms with Crippen molar-refractivity contribution < 1.29 is 98.0 Å². The number of aromatic carboxylic acids is 2. The van der Waals surface area contributed by atoms with E-state index in [9.17, 15) is 29.4 Å². The van der Waals surface area contributed by atoms with Crippen LogP contribution in [0, 0.1) is 50.7 Å². The monoisotopic (exact) mass is 780 g/mol. The van der Waals surface area contributed by atoms with E-state index in [1.807, 2.05) is 0 Å². The van der Waals surface area contributed by atoms with Crippen LogP contribution in [0.2, 0.25) is 0 Å². The quantitative estimate of drug-likeness (QED) is 0.305. The summed E-state index contributed by atoms with van der Waals surface area (Å²) in [6, 6.07) is 12.2. The predicted molar refractivity (Wildman–Crippen MR) is 200 cm³/mol. The van der Waals surface area contributed by atoms with Crippen molar-refractivity contribution in [2.75, 3.05) is 6.61 Å². The van der Waals surface area contributed by atoms with E-state index in [4.69, 9.17) is 9.47 Å². The summed E-state index contributed by atoms with van der Waals surface area (Å²) in [7, 11) is 0. The molecule has 7 rings (SSSR count). The average molecular weight is 781 g/mol. The van der Waals surface area contributed by atoms with Crippen molar-refractivity contribution in [1.29, 1.82) is 0 Å². The summed E-state index contributed by atoms with van der Waals surface area (Å²) in [6.07, 6.45) is 11.8. The molecule has 0 saturated heterocycles. The van der Waals surface area contributed by atoms with Crippen LogP contribution in [0.3, 0.4) is 0 Å². The summed E-state index contributed by atoms with van der Waals surface area (Å²) in [5.74, 6) is -2.70. The van der Waals surface area contributed by atoms with Crippen molar-refractivity contribution >= 4 is 23.9 Å². The normalized spacial score (nSPS) is 35.2. The van der Waals surface area contributed by atoms with Crippen LogP contribution < -0.4 is 69.3 Å². The van der Waals surface area contributed by atoms with Gasteiger partial charge in [-0.1, -0.05) is 108 Å². The van der Waals surface area contributed by atoms with Crippen LogP contribution in [0.15, 0.2) is 71.8 Å². The molecule has 0 radical (unpaired) electrons. The number of fused-ring (bicyclic) bond motifs is 7. The minimum Gasteiger partial charge on any atom is -0.545 e. The molecule has 0 aromatic heterocycles. The number of benzene rings is 2. The molecule has 0 amide bonds. The fraction of sp³-hybridized carbons (Fsp3) is 0.565. The molecular formula is C46H54Na2O8. The largest absolute Gasteiger partial charge is 1.00 e. The minimum absolute atomic E-state index is 0. The first-order chi connectivity index (χ1) is 25.4. The number of carbonyl (C=O) groups is 4. The molecule has 5 aliphatic rings. The molecule has 5 aliphatic carbocycles. The van der Waals surface area contributed by atoms with Crippen LogP contribution in [0.4, 0.5) is 0 Å². The second-order valence-electron chi connectivity index (χ2n) is 18.6. The van der Waals surface area contributed by atoms with Crippen molar-refractivity contribution in [2.24, 2.45) is 50.7 Å². The molecule has 0 heterocycles. The summed E-state index contributed by atoms with van der Waals surface area (Å²) >= 11 is 0. The van der Waals surface area contributed by atoms with Gasteiger partial charge in [-0.25, -0.2) is 9.59 Å². The maximum Gasteiger partial charge on any atom is 1.00 e. The zero-order chi connectivity index (χ0) is 39.0. The number of carboxylic acid groups (broad SMARTS) is 2. The number of hydrogen-bond donors (Lipinski definition) is 0. The van der Waals surface area contributed by atoms with Gasteiger partial charge in [-0.05, 0) is 103 Å². The minimum atomic E-state index is -1.40. The standard InChI is InChI=1S/C46H56O8.2Na/c1-27-18-23-46(26-53-40(51)31-14-10-8-12-29(31)38(47)48)25-24-44(6)33(37(46)28(27)2)16-17-35-43(5)21-20-36(42(3,4)34(43)19-22-45(35,44)7)54-41(52)32-15-11-9-13-30(32)39(49)50;;/h8-17,27-28,34,36-37H,18-26H2,1-7H3,(H,47,48)(H,49,50);;/q;2*+1/p-2/t27-,28+,34+,36+,37+,43+,44-,45-,46-;;/m1../s1. The molecule has 10 heteroatoms. The number of hydrogen-bond acceptors (Lipinski definition) is 8. The Morgan fingerprint density at radius 1 is 0.679 bits per heavy atom. The first-order valence-electron chi connectivity index (χ1n) is 19.8. The van der Waals surface area contributed by atoms with E-state index in [0.29, 0.717) is 18.3 Å². The zero-order valence-corrected chi connectivity index (χ0v) is 38.8. The Morgan fingerprint density at radius 3 is 1.84 bits per heavy atom. The molecule has 2 aromatic carbocycles. The summed E-state index contributed by atoms with van der Waals surface area (Å²) in [4.78, 5) is 50.5. The van der Waals surface area contributed by atoms with Crippen LogP contribution in [-0.4, -0.2) is 36.6 Å². The van der Waals surface area contributed by atoms with Crippen LogP contribution in [0.25, 0.3) is 0 Å². The number of rotatable bonds is 7. The van der Waals surface area contributed by atoms with E-state index in [1.54, 1.807) is 24.3 Å². The topological polar surface area (TPSA) is 133 Å². The third-order valence-electron chi connectivity index (χ3n) is 16.0. The van der Waals surface area contributed by atoms with Gasteiger partial charge < -0.3 is 29.3 Å². The van der Waals surface area contributed by atoms with Crippen molar-refractivity contribution in [3.63, 3.8) is 0 Å². The third kappa shape index (κ3) is 6.94. The molecule has 2 aromatic rings. The Labute approximate surface area is 376 Å². The van der Waals surface area contributed by atoms with Gasteiger partial charge in [0.15, 0.2) is 0 Å². The summed E-state index contributed by atoms with van der Waals surface area (Å²) < 4.78 is 12.3. The molecule has 288 valence electrons. The summed E-state index contributed by atoms with van der Waals surface area (Å²) in [5, 5.41) is 23.6. The van der Waals surface area contributed by atoms with Crippen LogP contribution in [0.5, 0.6) is 0 Å². The predicted octanol–water partition coefficient (Wildman–Crippen LogP) is 1.38. The van der Waals surface area contributed by atoms with Gasteiger partial charge in [0.2, 0.25) is 0 Å². The van der Waals surface area contributed by atoms with Crippen LogP contribution >= 0.6 is 0 Å². The first kappa shape index (κ1) is 44.9. The van der Waals surface area contributed by atoms with Gasteiger partial charge in [-0.3, -0.25) is 0 Å². The van der Waals surface area contributed by atoms with E-state index in [0.717, 1.165) is 44.9 Å². The number of carbonyl (C=O) groups excluding carboxylic acids is 4. The molecule has 0 unspecified atom stereocenters. The SMILES string of the molecule is C[C@H]1[C@H](C)CC[C@]2(COC(=O)c3ccccc3C(=O)[O-])CC[C@]3(C)C(=CC=C4[C@@]5(C)CC[C@H](OC(=O)c6ccccc6C(=O)[O-])C(C)(C)[C@@H]5CC[C@]43C)[C@H]12.[Na+].[Na+]. The molecule has 9 atom stereocenters. The van der Waals surface area contributed by atoms with Crippen molar-refractivity contribution in [3.05, 3.63) is 94.1 Å². The van der Waals surface area contributed by atoms with Gasteiger partial charge in [-0.2, -0.15) is 0 Å². The average Bonchev–Trinajstić information content (AvgIpc) is 3.13. The molecule has 8 nitrogen and oxygen atoms in total. The van der Waals surface area contributed by atoms with Crippen molar-refractivity contribution in [1.82, 2.24) is 0 Å². The zero-order valence-electron chi connectivity index (χ0n) is 34.8. The van der Waals surface area contributed by atoms with Gasteiger partial charge in [0.05, 0.1) is 29.7 Å². The molecule has 4 saturated carbocycles. The molecule has 4 fully saturated rings. The van der Waals surface area contributed by atoms with Gasteiger partial charge in [0.25, 0.3) is 0 Å². The van der Waals surface area contributed by atoms with E-state index in [1.165, 1.54) is 35.4 Å². The maximum atomic E-state index is 13.4. The second-order valence-corrected chi connectivity index (χ2v) is 18.6. The molecule has 0 aliphatic heterocycles. The number of esters is 2. The smallest absolute Gasteiger partial charge is 0.545 e. The van der Waals surface area contributed by atoms with E-state index in [2.05, 4.69) is 60.6 Å². The molecule has 0 N–H and O–H groups in total. The fourth-order valence-electron chi connectivity index (χ4n) is 12.5. The maximum absolute atomic E-state index is 13.4. The van der Waals surface area contributed by atoms with Crippen LogP contribution in [0.1, 0.15) is 141 Å². The molecule has 0 bridgehead atoms.